The summed E-state index contributed by atoms with van der Waals surface area (Å²) in [5.74, 6) is 0. The molecule has 7 heteroatoms. The molecule has 0 fully saturated rings. The molecule has 0 aliphatic carbocycles. The summed E-state index contributed by atoms with van der Waals surface area (Å²) >= 11 is 3.26. The Kier molecular flexibility index (Phi) is 4.14. The molecular formula is C14H17N5S2. The lowest BCUT2D eigenvalue weighted by atomic mass is 10.1. The van der Waals surface area contributed by atoms with Crippen LogP contribution in [-0.2, 0) is 13.0 Å². The average Bonchev–Trinajstić information content (AvgIpc) is 3.06. The number of rotatable bonds is 5. The fourth-order valence-corrected chi connectivity index (χ4v) is 4.07. The summed E-state index contributed by atoms with van der Waals surface area (Å²) in [5, 5.41) is 11.8. The van der Waals surface area contributed by atoms with Crippen molar-refractivity contribution in [2.24, 2.45) is 5.73 Å². The van der Waals surface area contributed by atoms with Crippen LogP contribution in [0, 0.1) is 6.92 Å². The van der Waals surface area contributed by atoms with Crippen molar-refractivity contribution in [3.8, 4) is 0 Å². The second kappa shape index (κ2) is 6.05. The van der Waals surface area contributed by atoms with Crippen molar-refractivity contribution < 1.29 is 0 Å². The third-order valence-corrected chi connectivity index (χ3v) is 5.33. The molecule has 0 aliphatic rings. The van der Waals surface area contributed by atoms with Crippen molar-refractivity contribution in [3.63, 3.8) is 0 Å². The summed E-state index contributed by atoms with van der Waals surface area (Å²) in [6, 6.07) is 2.17. The van der Waals surface area contributed by atoms with E-state index in [9.17, 15) is 0 Å². The largest absolute Gasteiger partial charge is 0.378 e. The molecule has 0 bridgehead atoms. The molecule has 3 N–H and O–H groups in total. The van der Waals surface area contributed by atoms with Gasteiger partial charge in [-0.25, -0.2) is 4.37 Å². The van der Waals surface area contributed by atoms with Crippen LogP contribution in [0.3, 0.4) is 0 Å². The van der Waals surface area contributed by atoms with Crippen molar-refractivity contribution in [3.05, 3.63) is 33.8 Å². The molecule has 0 radical (unpaired) electrons. The Labute approximate surface area is 131 Å². The Morgan fingerprint density at radius 3 is 3.00 bits per heavy atom. The Morgan fingerprint density at radius 1 is 1.43 bits per heavy atom. The van der Waals surface area contributed by atoms with E-state index in [1.54, 1.807) is 17.5 Å². The van der Waals surface area contributed by atoms with Gasteiger partial charge < -0.3 is 11.1 Å². The Hall–Kier alpha value is -1.57. The number of aryl methyl sites for hydroxylation is 1. The van der Waals surface area contributed by atoms with Gasteiger partial charge in [0, 0.05) is 22.0 Å². The van der Waals surface area contributed by atoms with Crippen LogP contribution in [-0.4, -0.2) is 20.6 Å². The van der Waals surface area contributed by atoms with E-state index in [4.69, 9.17) is 5.73 Å². The normalized spacial score (nSPS) is 12.7. The van der Waals surface area contributed by atoms with E-state index in [0.29, 0.717) is 0 Å². The number of nitrogens with one attached hydrogen (secondary N) is 1. The minimum atomic E-state index is 0.151. The predicted octanol–water partition coefficient (Wildman–Crippen LogP) is 2.96. The van der Waals surface area contributed by atoms with Crippen molar-refractivity contribution in [2.75, 3.05) is 5.32 Å². The lowest BCUT2D eigenvalue weighted by Gasteiger charge is -2.04. The number of nitrogens with zero attached hydrogens (tertiary/aromatic N) is 3. The standard InChI is InChI=1S/C14H17N5S2/c1-8(15)5-12-9(2)13-14(20-12)11(7-17-19-13)16-6-10-3-4-18-21-10/h3-4,7-8H,5-6,15H2,1-2H3,(H,16,19)/t8-/m0/s1. The molecule has 3 aromatic heterocycles. The van der Waals surface area contributed by atoms with E-state index >= 15 is 0 Å². The van der Waals surface area contributed by atoms with Crippen molar-refractivity contribution in [1.82, 2.24) is 14.6 Å². The van der Waals surface area contributed by atoms with E-state index in [1.165, 1.54) is 26.9 Å². The summed E-state index contributed by atoms with van der Waals surface area (Å²) in [6.45, 7) is 4.88. The van der Waals surface area contributed by atoms with Gasteiger partial charge in [0.25, 0.3) is 0 Å². The van der Waals surface area contributed by atoms with Crippen LogP contribution >= 0.6 is 22.9 Å². The van der Waals surface area contributed by atoms with Gasteiger partial charge in [-0.3, -0.25) is 0 Å². The van der Waals surface area contributed by atoms with E-state index in [1.807, 2.05) is 19.2 Å². The molecular weight excluding hydrogens is 302 g/mol. The predicted molar refractivity (Wildman–Crippen MR) is 88.9 cm³/mol. The van der Waals surface area contributed by atoms with Crippen LogP contribution in [0.2, 0.25) is 0 Å². The summed E-state index contributed by atoms with van der Waals surface area (Å²) in [4.78, 5) is 2.49. The van der Waals surface area contributed by atoms with Crippen LogP contribution in [0.25, 0.3) is 10.2 Å². The fraction of sp³-hybridized carbons (Fsp3) is 0.357. The van der Waals surface area contributed by atoms with Gasteiger partial charge in [0.15, 0.2) is 0 Å². The van der Waals surface area contributed by atoms with Crippen LogP contribution < -0.4 is 11.1 Å². The quantitative estimate of drug-likeness (QED) is 0.756. The minimum Gasteiger partial charge on any atom is -0.378 e. The van der Waals surface area contributed by atoms with Crippen LogP contribution in [0.15, 0.2) is 18.5 Å². The van der Waals surface area contributed by atoms with Gasteiger partial charge in [0.05, 0.1) is 23.1 Å². The molecule has 3 aromatic rings. The minimum absolute atomic E-state index is 0.151. The van der Waals surface area contributed by atoms with E-state index in [0.717, 1.165) is 28.9 Å². The van der Waals surface area contributed by atoms with Gasteiger partial charge in [-0.15, -0.1) is 16.4 Å². The van der Waals surface area contributed by atoms with Gasteiger partial charge in [-0.05, 0) is 43.4 Å². The molecule has 3 rings (SSSR count). The topological polar surface area (TPSA) is 76.7 Å². The number of aromatic nitrogens is 3. The third kappa shape index (κ3) is 3.04. The Morgan fingerprint density at radius 2 is 2.29 bits per heavy atom. The van der Waals surface area contributed by atoms with Crippen LogP contribution in [0.5, 0.6) is 0 Å². The van der Waals surface area contributed by atoms with Crippen LogP contribution in [0.4, 0.5) is 5.69 Å². The van der Waals surface area contributed by atoms with E-state index in [2.05, 4.69) is 26.8 Å². The molecule has 0 spiro atoms. The zero-order chi connectivity index (χ0) is 14.8. The first kappa shape index (κ1) is 14.4. The zero-order valence-corrected chi connectivity index (χ0v) is 13.6. The highest BCUT2D eigenvalue weighted by Gasteiger charge is 2.14. The highest BCUT2D eigenvalue weighted by atomic mass is 32.1. The number of nitrogens with two attached hydrogens (primary N) is 1. The smallest absolute Gasteiger partial charge is 0.109 e. The maximum absolute atomic E-state index is 5.93. The summed E-state index contributed by atoms with van der Waals surface area (Å²) in [7, 11) is 0. The molecule has 1 atom stereocenters. The molecule has 0 saturated carbocycles. The number of anilines is 1. The Balaban J connectivity index is 1.91. The second-order valence-corrected chi connectivity index (χ2v) is 7.12. The highest BCUT2D eigenvalue weighted by Crippen LogP contribution is 2.34. The van der Waals surface area contributed by atoms with Gasteiger partial charge in [0.1, 0.15) is 5.52 Å². The molecule has 0 amide bonds. The monoisotopic (exact) mass is 319 g/mol. The van der Waals surface area contributed by atoms with E-state index < -0.39 is 0 Å². The molecule has 21 heavy (non-hydrogen) atoms. The summed E-state index contributed by atoms with van der Waals surface area (Å²) in [5.41, 5.74) is 9.12. The van der Waals surface area contributed by atoms with Crippen LogP contribution in [0.1, 0.15) is 22.2 Å². The molecule has 3 heterocycles. The van der Waals surface area contributed by atoms with Crippen molar-refractivity contribution in [2.45, 2.75) is 32.9 Å². The first-order valence-electron chi connectivity index (χ1n) is 6.78. The third-order valence-electron chi connectivity index (χ3n) is 3.25. The molecule has 0 aliphatic heterocycles. The number of thiophene rings is 1. The highest BCUT2D eigenvalue weighted by molar-refractivity contribution is 7.19. The van der Waals surface area contributed by atoms with Crippen molar-refractivity contribution >= 4 is 38.8 Å². The van der Waals surface area contributed by atoms with Gasteiger partial charge in [0.2, 0.25) is 0 Å². The first-order valence-corrected chi connectivity index (χ1v) is 8.37. The molecule has 110 valence electrons. The lowest BCUT2D eigenvalue weighted by Crippen LogP contribution is -2.17. The van der Waals surface area contributed by atoms with Gasteiger partial charge >= 0.3 is 0 Å². The number of fused-ring (bicyclic) bond motifs is 1. The first-order chi connectivity index (χ1) is 10.1. The zero-order valence-electron chi connectivity index (χ0n) is 12.0. The molecule has 5 nitrogen and oxygen atoms in total. The lowest BCUT2D eigenvalue weighted by molar-refractivity contribution is 0.744. The molecule has 0 saturated heterocycles. The fourth-order valence-electron chi connectivity index (χ4n) is 2.19. The molecule has 0 aromatic carbocycles. The summed E-state index contributed by atoms with van der Waals surface area (Å²) < 4.78 is 5.27. The maximum Gasteiger partial charge on any atom is 0.109 e. The van der Waals surface area contributed by atoms with E-state index in [-0.39, 0.29) is 6.04 Å². The van der Waals surface area contributed by atoms with Crippen molar-refractivity contribution in [1.29, 1.82) is 0 Å². The molecule has 0 unspecified atom stereocenters. The SMILES string of the molecule is Cc1c(C[C@H](C)N)sc2c(NCc3ccns3)cnnc12. The number of hydrogen-bond donors (Lipinski definition) is 2. The van der Waals surface area contributed by atoms with Gasteiger partial charge in [-0.1, -0.05) is 0 Å². The maximum atomic E-state index is 5.93. The van der Waals surface area contributed by atoms with Gasteiger partial charge in [-0.2, -0.15) is 5.10 Å². The number of hydrogen-bond acceptors (Lipinski definition) is 7. The average molecular weight is 319 g/mol. The Bertz CT molecular complexity index is 733. The summed E-state index contributed by atoms with van der Waals surface area (Å²) in [6.07, 6.45) is 4.48. The second-order valence-electron chi connectivity index (χ2n) is 5.10.